The Bertz CT molecular complexity index is 381. The lowest BCUT2D eigenvalue weighted by atomic mass is 10.0. The van der Waals surface area contributed by atoms with Crippen LogP contribution in [0.1, 0.15) is 52.1 Å². The van der Waals surface area contributed by atoms with Gasteiger partial charge in [0.05, 0.1) is 6.10 Å². The van der Waals surface area contributed by atoms with Crippen molar-refractivity contribution in [2.24, 2.45) is 11.8 Å². The molecule has 1 fully saturated rings. The lowest BCUT2D eigenvalue weighted by Crippen LogP contribution is -2.25. The largest absolute Gasteiger partial charge is 0.491 e. The zero-order valence-electron chi connectivity index (χ0n) is 12.6. The van der Waals surface area contributed by atoms with Crippen LogP contribution in [0.2, 0.25) is 0 Å². The molecule has 0 radical (unpaired) electrons. The van der Waals surface area contributed by atoms with Crippen LogP contribution in [-0.2, 0) is 0 Å². The molecule has 2 atom stereocenters. The topological polar surface area (TPSA) is 21.3 Å². The van der Waals surface area contributed by atoms with Gasteiger partial charge in [-0.15, -0.1) is 0 Å². The fraction of sp³-hybridized carbons (Fsp3) is 0.647. The lowest BCUT2D eigenvalue weighted by molar-refractivity contribution is 0.242. The number of nitrogens with one attached hydrogen (secondary N) is 1. The molecule has 0 spiro atoms. The van der Waals surface area contributed by atoms with Crippen LogP contribution in [0.4, 0.5) is 0 Å². The van der Waals surface area contributed by atoms with E-state index in [0.29, 0.717) is 6.04 Å². The van der Waals surface area contributed by atoms with Gasteiger partial charge >= 0.3 is 0 Å². The number of hydrogen-bond acceptors (Lipinski definition) is 2. The highest BCUT2D eigenvalue weighted by atomic mass is 16.5. The molecular weight excluding hydrogens is 234 g/mol. The predicted octanol–water partition coefficient (Wildman–Crippen LogP) is 4.17. The molecule has 1 aromatic rings. The van der Waals surface area contributed by atoms with Gasteiger partial charge in [-0.2, -0.15) is 0 Å². The minimum absolute atomic E-state index is 0.237. The van der Waals surface area contributed by atoms with Crippen LogP contribution in [-0.4, -0.2) is 12.6 Å². The van der Waals surface area contributed by atoms with Crippen molar-refractivity contribution in [3.63, 3.8) is 0 Å². The summed E-state index contributed by atoms with van der Waals surface area (Å²) in [6.07, 6.45) is 3.09. The average molecular weight is 261 g/mol. The summed E-state index contributed by atoms with van der Waals surface area (Å²) in [6.45, 7) is 9.82. The zero-order chi connectivity index (χ0) is 13.8. The monoisotopic (exact) mass is 261 g/mol. The van der Waals surface area contributed by atoms with Crippen LogP contribution >= 0.6 is 0 Å². The zero-order valence-corrected chi connectivity index (χ0v) is 12.6. The SMILES string of the molecule is CC(C)Oc1ccc(C(C)NCC(C)C2CC2)cc1. The summed E-state index contributed by atoms with van der Waals surface area (Å²) < 4.78 is 5.67. The average Bonchev–Trinajstić information content (AvgIpc) is 3.20. The smallest absolute Gasteiger partial charge is 0.119 e. The highest BCUT2D eigenvalue weighted by molar-refractivity contribution is 5.29. The molecule has 0 aromatic heterocycles. The Labute approximate surface area is 117 Å². The maximum atomic E-state index is 5.67. The van der Waals surface area contributed by atoms with Crippen LogP contribution in [0.3, 0.4) is 0 Å². The standard InChI is InChI=1S/C17H27NO/c1-12(2)19-17-9-7-16(8-10-17)14(4)18-11-13(3)15-5-6-15/h7-10,12-15,18H,5-6,11H2,1-4H3. The van der Waals surface area contributed by atoms with Crippen LogP contribution in [0.25, 0.3) is 0 Å². The Morgan fingerprint density at radius 1 is 1.11 bits per heavy atom. The molecule has 2 heteroatoms. The number of ether oxygens (including phenoxy) is 1. The Kier molecular flexibility index (Phi) is 4.87. The van der Waals surface area contributed by atoms with E-state index in [1.165, 1.54) is 18.4 Å². The van der Waals surface area contributed by atoms with Crippen molar-refractivity contribution in [3.8, 4) is 5.75 Å². The Balaban J connectivity index is 1.82. The van der Waals surface area contributed by atoms with Crippen molar-refractivity contribution < 1.29 is 4.74 Å². The second kappa shape index (κ2) is 6.42. The van der Waals surface area contributed by atoms with Crippen molar-refractivity contribution in [1.82, 2.24) is 5.32 Å². The lowest BCUT2D eigenvalue weighted by Gasteiger charge is -2.18. The van der Waals surface area contributed by atoms with Gasteiger partial charge in [0.1, 0.15) is 5.75 Å². The molecule has 1 saturated carbocycles. The molecule has 0 aliphatic heterocycles. The Hall–Kier alpha value is -1.02. The Morgan fingerprint density at radius 3 is 2.26 bits per heavy atom. The molecule has 1 aliphatic carbocycles. The van der Waals surface area contributed by atoms with Gasteiger partial charge < -0.3 is 10.1 Å². The van der Waals surface area contributed by atoms with E-state index in [0.717, 1.165) is 24.1 Å². The van der Waals surface area contributed by atoms with Crippen molar-refractivity contribution >= 4 is 0 Å². The molecule has 0 bridgehead atoms. The van der Waals surface area contributed by atoms with Gasteiger partial charge in [-0.25, -0.2) is 0 Å². The van der Waals surface area contributed by atoms with Gasteiger partial charge in [-0.3, -0.25) is 0 Å². The van der Waals surface area contributed by atoms with Gasteiger partial charge in [-0.1, -0.05) is 19.1 Å². The molecule has 1 aliphatic rings. The van der Waals surface area contributed by atoms with E-state index in [1.807, 2.05) is 0 Å². The first kappa shape index (κ1) is 14.4. The fourth-order valence-electron chi connectivity index (χ4n) is 2.42. The highest BCUT2D eigenvalue weighted by Crippen LogP contribution is 2.36. The third-order valence-electron chi connectivity index (χ3n) is 3.92. The van der Waals surface area contributed by atoms with E-state index in [2.05, 4.69) is 57.3 Å². The van der Waals surface area contributed by atoms with Crippen LogP contribution in [0.15, 0.2) is 24.3 Å². The third kappa shape index (κ3) is 4.54. The van der Waals surface area contributed by atoms with Gasteiger partial charge in [0.15, 0.2) is 0 Å². The summed E-state index contributed by atoms with van der Waals surface area (Å²) in [4.78, 5) is 0. The summed E-state index contributed by atoms with van der Waals surface area (Å²) >= 11 is 0. The fourth-order valence-corrected chi connectivity index (χ4v) is 2.42. The molecule has 2 nitrogen and oxygen atoms in total. The minimum atomic E-state index is 0.237. The molecule has 1 N–H and O–H groups in total. The second-order valence-electron chi connectivity index (χ2n) is 6.18. The molecule has 0 heterocycles. The number of benzene rings is 1. The number of hydrogen-bond donors (Lipinski definition) is 1. The summed E-state index contributed by atoms with van der Waals surface area (Å²) in [6, 6.07) is 8.87. The van der Waals surface area contributed by atoms with Crippen LogP contribution in [0, 0.1) is 11.8 Å². The maximum Gasteiger partial charge on any atom is 0.119 e. The van der Waals surface area contributed by atoms with Gasteiger partial charge in [-0.05, 0) is 69.7 Å². The maximum absolute atomic E-state index is 5.67. The Morgan fingerprint density at radius 2 is 1.74 bits per heavy atom. The van der Waals surface area contributed by atoms with Crippen molar-refractivity contribution in [3.05, 3.63) is 29.8 Å². The van der Waals surface area contributed by atoms with E-state index in [9.17, 15) is 0 Å². The van der Waals surface area contributed by atoms with Crippen molar-refractivity contribution in [2.45, 2.75) is 52.7 Å². The molecule has 19 heavy (non-hydrogen) atoms. The molecule has 2 rings (SSSR count). The van der Waals surface area contributed by atoms with E-state index in [4.69, 9.17) is 4.74 Å². The molecule has 2 unspecified atom stereocenters. The third-order valence-corrected chi connectivity index (χ3v) is 3.92. The van der Waals surface area contributed by atoms with E-state index in [1.54, 1.807) is 0 Å². The summed E-state index contributed by atoms with van der Waals surface area (Å²) in [5, 5.41) is 3.64. The summed E-state index contributed by atoms with van der Waals surface area (Å²) in [5.74, 6) is 2.74. The minimum Gasteiger partial charge on any atom is -0.491 e. The normalized spacial score (nSPS) is 18.4. The van der Waals surface area contributed by atoms with E-state index < -0.39 is 0 Å². The van der Waals surface area contributed by atoms with Crippen molar-refractivity contribution in [1.29, 1.82) is 0 Å². The molecular formula is C17H27NO. The highest BCUT2D eigenvalue weighted by Gasteiger charge is 2.27. The first-order valence-electron chi connectivity index (χ1n) is 7.56. The molecule has 1 aromatic carbocycles. The molecule has 0 amide bonds. The summed E-state index contributed by atoms with van der Waals surface area (Å²) in [7, 11) is 0. The number of rotatable bonds is 7. The van der Waals surface area contributed by atoms with Gasteiger partial charge in [0.2, 0.25) is 0 Å². The second-order valence-corrected chi connectivity index (χ2v) is 6.18. The molecule has 0 saturated heterocycles. The van der Waals surface area contributed by atoms with Crippen LogP contribution < -0.4 is 10.1 Å². The van der Waals surface area contributed by atoms with Crippen molar-refractivity contribution in [2.75, 3.05) is 6.54 Å². The predicted molar refractivity (Wildman–Crippen MR) is 80.5 cm³/mol. The first-order valence-corrected chi connectivity index (χ1v) is 7.56. The van der Waals surface area contributed by atoms with Gasteiger partial charge in [0, 0.05) is 6.04 Å². The van der Waals surface area contributed by atoms with Gasteiger partial charge in [0.25, 0.3) is 0 Å². The van der Waals surface area contributed by atoms with Crippen LogP contribution in [0.5, 0.6) is 5.75 Å². The quantitative estimate of drug-likeness (QED) is 0.795. The summed E-state index contributed by atoms with van der Waals surface area (Å²) in [5.41, 5.74) is 1.33. The van der Waals surface area contributed by atoms with E-state index in [-0.39, 0.29) is 6.10 Å². The first-order chi connectivity index (χ1) is 9.06. The van der Waals surface area contributed by atoms with E-state index >= 15 is 0 Å². The molecule has 106 valence electrons.